The SMILES string of the molecule is Cc1ccc(C(=O)CCC(=O)Nc2ccc3cn[nH]c3c2)cc1C. The molecule has 0 unspecified atom stereocenters. The molecule has 0 radical (unpaired) electrons. The quantitative estimate of drug-likeness (QED) is 0.702. The number of anilines is 1. The number of hydrogen-bond donors (Lipinski definition) is 2. The molecule has 5 heteroatoms. The topological polar surface area (TPSA) is 74.8 Å². The summed E-state index contributed by atoms with van der Waals surface area (Å²) in [5.74, 6) is -0.191. The van der Waals surface area contributed by atoms with Gasteiger partial charge in [-0.25, -0.2) is 0 Å². The number of amides is 1. The molecule has 122 valence electrons. The minimum Gasteiger partial charge on any atom is -0.326 e. The highest BCUT2D eigenvalue weighted by Crippen LogP contribution is 2.17. The van der Waals surface area contributed by atoms with Gasteiger partial charge in [0.25, 0.3) is 0 Å². The van der Waals surface area contributed by atoms with E-state index in [4.69, 9.17) is 0 Å². The van der Waals surface area contributed by atoms with Crippen molar-refractivity contribution in [2.24, 2.45) is 0 Å². The molecule has 0 fully saturated rings. The summed E-state index contributed by atoms with van der Waals surface area (Å²) in [6.07, 6.45) is 2.08. The Bertz CT molecular complexity index is 912. The van der Waals surface area contributed by atoms with Crippen LogP contribution < -0.4 is 5.32 Å². The molecule has 1 aromatic heterocycles. The number of aromatic amines is 1. The number of benzene rings is 2. The zero-order valence-corrected chi connectivity index (χ0v) is 13.7. The third-order valence-electron chi connectivity index (χ3n) is 4.13. The highest BCUT2D eigenvalue weighted by molar-refractivity contribution is 6.00. The molecule has 5 nitrogen and oxygen atoms in total. The lowest BCUT2D eigenvalue weighted by molar-refractivity contribution is -0.116. The number of H-pyrrole nitrogens is 1. The molecular formula is C19H19N3O2. The van der Waals surface area contributed by atoms with E-state index in [2.05, 4.69) is 15.5 Å². The van der Waals surface area contributed by atoms with Crippen LogP contribution in [0.4, 0.5) is 5.69 Å². The van der Waals surface area contributed by atoms with Crippen molar-refractivity contribution in [3.63, 3.8) is 0 Å². The molecule has 3 rings (SSSR count). The van der Waals surface area contributed by atoms with Gasteiger partial charge in [0.05, 0.1) is 11.7 Å². The second-order valence-corrected chi connectivity index (χ2v) is 5.94. The van der Waals surface area contributed by atoms with E-state index in [-0.39, 0.29) is 24.5 Å². The van der Waals surface area contributed by atoms with Crippen LogP contribution in [0.15, 0.2) is 42.6 Å². The lowest BCUT2D eigenvalue weighted by Gasteiger charge is -2.06. The van der Waals surface area contributed by atoms with Gasteiger partial charge in [0, 0.05) is 29.5 Å². The average molecular weight is 321 g/mol. The van der Waals surface area contributed by atoms with Crippen LogP contribution >= 0.6 is 0 Å². The Labute approximate surface area is 140 Å². The molecule has 0 aliphatic heterocycles. The zero-order chi connectivity index (χ0) is 17.1. The number of rotatable bonds is 5. The van der Waals surface area contributed by atoms with Gasteiger partial charge in [-0.3, -0.25) is 14.7 Å². The Morgan fingerprint density at radius 3 is 2.67 bits per heavy atom. The lowest BCUT2D eigenvalue weighted by Crippen LogP contribution is -2.13. The summed E-state index contributed by atoms with van der Waals surface area (Å²) < 4.78 is 0. The normalized spacial score (nSPS) is 10.8. The fraction of sp³-hybridized carbons (Fsp3) is 0.211. The molecule has 0 aliphatic rings. The third-order valence-corrected chi connectivity index (χ3v) is 4.13. The monoisotopic (exact) mass is 321 g/mol. The number of fused-ring (bicyclic) bond motifs is 1. The highest BCUT2D eigenvalue weighted by Gasteiger charge is 2.11. The predicted molar refractivity (Wildman–Crippen MR) is 94.2 cm³/mol. The van der Waals surface area contributed by atoms with Gasteiger partial charge in [-0.2, -0.15) is 5.10 Å². The summed E-state index contributed by atoms with van der Waals surface area (Å²) in [6, 6.07) is 11.2. The van der Waals surface area contributed by atoms with Crippen molar-refractivity contribution in [3.8, 4) is 0 Å². The Morgan fingerprint density at radius 2 is 1.88 bits per heavy atom. The van der Waals surface area contributed by atoms with Gasteiger partial charge in [-0.05, 0) is 49.2 Å². The number of carbonyl (C=O) groups is 2. The second kappa shape index (κ2) is 6.66. The number of Topliss-reactive ketones (excluding diaryl/α,β-unsaturated/α-hetero) is 1. The van der Waals surface area contributed by atoms with Gasteiger partial charge in [0.2, 0.25) is 5.91 Å². The summed E-state index contributed by atoms with van der Waals surface area (Å²) in [4.78, 5) is 24.3. The van der Waals surface area contributed by atoms with E-state index in [9.17, 15) is 9.59 Å². The Kier molecular flexibility index (Phi) is 4.42. The number of aromatic nitrogens is 2. The first-order valence-electron chi connectivity index (χ1n) is 7.86. The van der Waals surface area contributed by atoms with E-state index < -0.39 is 0 Å². The number of nitrogens with one attached hydrogen (secondary N) is 2. The number of aryl methyl sites for hydroxylation is 2. The zero-order valence-electron chi connectivity index (χ0n) is 13.7. The van der Waals surface area contributed by atoms with Crippen molar-refractivity contribution >= 4 is 28.3 Å². The molecular weight excluding hydrogens is 302 g/mol. The summed E-state index contributed by atoms with van der Waals surface area (Å²) in [5, 5.41) is 10.6. The molecule has 3 aromatic rings. The summed E-state index contributed by atoms with van der Waals surface area (Å²) in [6.45, 7) is 3.98. The maximum Gasteiger partial charge on any atom is 0.224 e. The molecule has 2 aromatic carbocycles. The third kappa shape index (κ3) is 3.51. The van der Waals surface area contributed by atoms with Crippen molar-refractivity contribution in [2.75, 3.05) is 5.32 Å². The standard InChI is InChI=1S/C19H19N3O2/c1-12-3-4-14(9-13(12)2)18(23)7-8-19(24)21-16-6-5-15-11-20-22-17(15)10-16/h3-6,9-11H,7-8H2,1-2H3,(H,20,22)(H,21,24). The maximum atomic E-state index is 12.2. The van der Waals surface area contributed by atoms with E-state index in [0.29, 0.717) is 11.3 Å². The summed E-state index contributed by atoms with van der Waals surface area (Å²) >= 11 is 0. The van der Waals surface area contributed by atoms with Crippen molar-refractivity contribution in [3.05, 3.63) is 59.3 Å². The predicted octanol–water partition coefficient (Wildman–Crippen LogP) is 3.78. The first-order valence-corrected chi connectivity index (χ1v) is 7.86. The average Bonchev–Trinajstić information content (AvgIpc) is 3.03. The number of hydrogen-bond acceptors (Lipinski definition) is 3. The molecule has 1 heterocycles. The molecule has 24 heavy (non-hydrogen) atoms. The van der Waals surface area contributed by atoms with E-state index in [0.717, 1.165) is 22.0 Å². The number of carbonyl (C=O) groups excluding carboxylic acids is 2. The highest BCUT2D eigenvalue weighted by atomic mass is 16.2. The van der Waals surface area contributed by atoms with Gasteiger partial charge in [0.15, 0.2) is 5.78 Å². The summed E-state index contributed by atoms with van der Waals surface area (Å²) in [5.41, 5.74) is 4.44. The Balaban J connectivity index is 1.58. The molecule has 2 N–H and O–H groups in total. The van der Waals surface area contributed by atoms with Crippen LogP contribution in [-0.4, -0.2) is 21.9 Å². The Morgan fingerprint density at radius 1 is 1.04 bits per heavy atom. The van der Waals surface area contributed by atoms with Crippen LogP contribution in [0.3, 0.4) is 0 Å². The van der Waals surface area contributed by atoms with Crippen LogP contribution in [-0.2, 0) is 4.79 Å². The van der Waals surface area contributed by atoms with Crippen LogP contribution in [0.1, 0.15) is 34.3 Å². The fourth-order valence-electron chi connectivity index (χ4n) is 2.52. The second-order valence-electron chi connectivity index (χ2n) is 5.94. The van der Waals surface area contributed by atoms with E-state index in [1.165, 1.54) is 0 Å². The molecule has 0 saturated carbocycles. The van der Waals surface area contributed by atoms with Crippen molar-refractivity contribution < 1.29 is 9.59 Å². The Hall–Kier alpha value is -2.95. The lowest BCUT2D eigenvalue weighted by atomic mass is 10.0. The summed E-state index contributed by atoms with van der Waals surface area (Å²) in [7, 11) is 0. The molecule has 0 saturated heterocycles. The molecule has 0 bridgehead atoms. The van der Waals surface area contributed by atoms with Gasteiger partial charge >= 0.3 is 0 Å². The molecule has 0 atom stereocenters. The van der Waals surface area contributed by atoms with Crippen LogP contribution in [0.5, 0.6) is 0 Å². The van der Waals surface area contributed by atoms with Crippen LogP contribution in [0.25, 0.3) is 10.9 Å². The van der Waals surface area contributed by atoms with Crippen molar-refractivity contribution in [2.45, 2.75) is 26.7 Å². The number of ketones is 1. The minimum atomic E-state index is -0.175. The van der Waals surface area contributed by atoms with Crippen LogP contribution in [0, 0.1) is 13.8 Å². The fourth-order valence-corrected chi connectivity index (χ4v) is 2.52. The first kappa shape index (κ1) is 15.9. The maximum absolute atomic E-state index is 12.2. The minimum absolute atomic E-state index is 0.0164. The van der Waals surface area contributed by atoms with Gasteiger partial charge in [0.1, 0.15) is 0 Å². The smallest absolute Gasteiger partial charge is 0.224 e. The molecule has 1 amide bonds. The van der Waals surface area contributed by atoms with Gasteiger partial charge in [-0.15, -0.1) is 0 Å². The van der Waals surface area contributed by atoms with Crippen LogP contribution in [0.2, 0.25) is 0 Å². The first-order chi connectivity index (χ1) is 11.5. The van der Waals surface area contributed by atoms with Crippen molar-refractivity contribution in [1.29, 1.82) is 0 Å². The largest absolute Gasteiger partial charge is 0.326 e. The van der Waals surface area contributed by atoms with E-state index in [1.54, 1.807) is 6.20 Å². The van der Waals surface area contributed by atoms with E-state index >= 15 is 0 Å². The van der Waals surface area contributed by atoms with Gasteiger partial charge < -0.3 is 5.32 Å². The molecule has 0 aliphatic carbocycles. The molecule has 0 spiro atoms. The van der Waals surface area contributed by atoms with E-state index in [1.807, 2.05) is 50.2 Å². The number of nitrogens with zero attached hydrogens (tertiary/aromatic N) is 1. The van der Waals surface area contributed by atoms with Gasteiger partial charge in [-0.1, -0.05) is 12.1 Å². The van der Waals surface area contributed by atoms with Crippen molar-refractivity contribution in [1.82, 2.24) is 10.2 Å².